The monoisotopic (exact) mass is 502 g/mol. The van der Waals surface area contributed by atoms with Gasteiger partial charge in [0.1, 0.15) is 23.9 Å². The van der Waals surface area contributed by atoms with Crippen LogP contribution in [0, 0.1) is 5.82 Å². The van der Waals surface area contributed by atoms with Crippen LogP contribution in [0.15, 0.2) is 52.6 Å². The molecule has 1 saturated heterocycles. The van der Waals surface area contributed by atoms with Crippen molar-refractivity contribution in [3.63, 3.8) is 0 Å². The van der Waals surface area contributed by atoms with Crippen molar-refractivity contribution in [2.75, 3.05) is 7.05 Å². The molecule has 162 valence electrons. The summed E-state index contributed by atoms with van der Waals surface area (Å²) in [6.07, 6.45) is 7.39. The van der Waals surface area contributed by atoms with E-state index in [1.807, 2.05) is 37.4 Å². The third kappa shape index (κ3) is 4.83. The third-order valence-corrected chi connectivity index (χ3v) is 6.87. The minimum Gasteiger partial charge on any atom is -0.488 e. The Morgan fingerprint density at radius 2 is 1.97 bits per heavy atom. The van der Waals surface area contributed by atoms with Crippen molar-refractivity contribution in [2.24, 2.45) is 0 Å². The van der Waals surface area contributed by atoms with Crippen LogP contribution in [0.3, 0.4) is 0 Å². The average molecular weight is 503 g/mol. The quantitative estimate of drug-likeness (QED) is 0.376. The first kappa shape index (κ1) is 22.0. The largest absolute Gasteiger partial charge is 0.488 e. The molecule has 0 aromatic heterocycles. The van der Waals surface area contributed by atoms with Gasteiger partial charge in [-0.05, 0) is 82.5 Å². The summed E-state index contributed by atoms with van der Waals surface area (Å²) in [7, 11) is 1.85. The fourth-order valence-corrected chi connectivity index (χ4v) is 4.95. The predicted octanol–water partition coefficient (Wildman–Crippen LogP) is 5.90. The molecule has 4 rings (SSSR count). The van der Waals surface area contributed by atoms with Crippen LogP contribution >= 0.6 is 28.1 Å². The van der Waals surface area contributed by atoms with Gasteiger partial charge in [-0.25, -0.2) is 4.39 Å². The zero-order valence-corrected chi connectivity index (χ0v) is 19.7. The number of carbonyl (C=O) groups is 1. The maximum Gasteiger partial charge on any atom is 0.277 e. The second-order valence-electron chi connectivity index (χ2n) is 7.95. The lowest BCUT2D eigenvalue weighted by atomic mass is 9.94. The van der Waals surface area contributed by atoms with Crippen LogP contribution in [-0.2, 0) is 11.4 Å². The van der Waals surface area contributed by atoms with Gasteiger partial charge in [-0.3, -0.25) is 9.69 Å². The molecule has 0 atom stereocenters. The molecule has 1 heterocycles. The van der Waals surface area contributed by atoms with Crippen LogP contribution in [0.2, 0.25) is 0 Å². The SMILES string of the molecule is CN1C(=S)N(C2CCCCC2)C(=O)/C1=C/c1ccc(OCc2cccc(F)c2)c(Br)c1. The van der Waals surface area contributed by atoms with Gasteiger partial charge in [0.25, 0.3) is 5.91 Å². The first-order valence-corrected chi connectivity index (χ1v) is 11.6. The van der Waals surface area contributed by atoms with E-state index in [9.17, 15) is 9.18 Å². The highest BCUT2D eigenvalue weighted by atomic mass is 79.9. The summed E-state index contributed by atoms with van der Waals surface area (Å²) < 4.78 is 19.9. The minimum atomic E-state index is -0.285. The van der Waals surface area contributed by atoms with Gasteiger partial charge in [-0.15, -0.1) is 0 Å². The zero-order valence-electron chi connectivity index (χ0n) is 17.3. The highest BCUT2D eigenvalue weighted by molar-refractivity contribution is 9.10. The number of ether oxygens (including phenoxy) is 1. The van der Waals surface area contributed by atoms with Gasteiger partial charge < -0.3 is 9.64 Å². The first-order chi connectivity index (χ1) is 14.9. The van der Waals surface area contributed by atoms with Crippen LogP contribution < -0.4 is 4.74 Å². The molecule has 7 heteroatoms. The molecule has 2 aromatic rings. The normalized spacial score (nSPS) is 18.9. The lowest BCUT2D eigenvalue weighted by Crippen LogP contribution is -2.41. The lowest BCUT2D eigenvalue weighted by molar-refractivity contribution is -0.124. The Morgan fingerprint density at radius 1 is 1.19 bits per heavy atom. The fourth-order valence-electron chi connectivity index (χ4n) is 4.11. The predicted molar refractivity (Wildman–Crippen MR) is 127 cm³/mol. The molecule has 1 aliphatic heterocycles. The number of benzene rings is 2. The smallest absolute Gasteiger partial charge is 0.277 e. The number of rotatable bonds is 5. The van der Waals surface area contributed by atoms with E-state index >= 15 is 0 Å². The summed E-state index contributed by atoms with van der Waals surface area (Å²) in [6, 6.07) is 12.2. The molecule has 0 radical (unpaired) electrons. The molecule has 2 aliphatic rings. The van der Waals surface area contributed by atoms with Crippen molar-refractivity contribution in [1.82, 2.24) is 9.80 Å². The van der Waals surface area contributed by atoms with Gasteiger partial charge in [-0.2, -0.15) is 0 Å². The molecule has 0 bridgehead atoms. The van der Waals surface area contributed by atoms with Crippen molar-refractivity contribution in [1.29, 1.82) is 0 Å². The molecule has 4 nitrogen and oxygen atoms in total. The summed E-state index contributed by atoms with van der Waals surface area (Å²) in [5.41, 5.74) is 2.21. The van der Waals surface area contributed by atoms with E-state index in [4.69, 9.17) is 17.0 Å². The molecule has 1 saturated carbocycles. The molecule has 31 heavy (non-hydrogen) atoms. The van der Waals surface area contributed by atoms with E-state index in [2.05, 4.69) is 15.9 Å². The van der Waals surface area contributed by atoms with Crippen molar-refractivity contribution >= 4 is 45.2 Å². The Labute approximate surface area is 195 Å². The van der Waals surface area contributed by atoms with Gasteiger partial charge in [0.2, 0.25) is 0 Å². The summed E-state index contributed by atoms with van der Waals surface area (Å²) in [6.45, 7) is 0.267. The summed E-state index contributed by atoms with van der Waals surface area (Å²) in [5, 5.41) is 0.581. The maximum absolute atomic E-state index is 13.3. The Kier molecular flexibility index (Phi) is 6.72. The number of thiocarbonyl (C=S) groups is 1. The van der Waals surface area contributed by atoms with E-state index in [1.54, 1.807) is 15.9 Å². The molecular weight excluding hydrogens is 479 g/mol. The number of nitrogens with zero attached hydrogens (tertiary/aromatic N) is 2. The van der Waals surface area contributed by atoms with Gasteiger partial charge >= 0.3 is 0 Å². The van der Waals surface area contributed by atoms with Crippen LogP contribution in [-0.4, -0.2) is 33.9 Å². The molecule has 0 N–H and O–H groups in total. The molecule has 0 unspecified atom stereocenters. The Hall–Kier alpha value is -2.25. The highest BCUT2D eigenvalue weighted by Gasteiger charge is 2.40. The van der Waals surface area contributed by atoms with Gasteiger partial charge in [0.15, 0.2) is 5.11 Å². The molecule has 1 aliphatic carbocycles. The van der Waals surface area contributed by atoms with Crippen LogP contribution in [0.1, 0.15) is 43.2 Å². The lowest BCUT2D eigenvalue weighted by Gasteiger charge is -2.30. The Balaban J connectivity index is 1.49. The third-order valence-electron chi connectivity index (χ3n) is 5.77. The summed E-state index contributed by atoms with van der Waals surface area (Å²) in [4.78, 5) is 16.7. The Bertz CT molecular complexity index is 1040. The summed E-state index contributed by atoms with van der Waals surface area (Å²) >= 11 is 9.12. The van der Waals surface area contributed by atoms with Crippen LogP contribution in [0.4, 0.5) is 4.39 Å². The molecular formula is C24H24BrFN2O2S. The zero-order chi connectivity index (χ0) is 22.0. The topological polar surface area (TPSA) is 32.8 Å². The number of halogens is 2. The van der Waals surface area contributed by atoms with E-state index < -0.39 is 0 Å². The van der Waals surface area contributed by atoms with E-state index in [0.717, 1.165) is 41.3 Å². The number of carbonyl (C=O) groups excluding carboxylic acids is 1. The van der Waals surface area contributed by atoms with E-state index in [0.29, 0.717) is 16.6 Å². The van der Waals surface area contributed by atoms with Gasteiger partial charge in [-0.1, -0.05) is 37.5 Å². The number of hydrogen-bond acceptors (Lipinski definition) is 3. The Morgan fingerprint density at radius 3 is 2.68 bits per heavy atom. The molecule has 2 aromatic carbocycles. The van der Waals surface area contributed by atoms with Gasteiger partial charge in [0, 0.05) is 13.1 Å². The van der Waals surface area contributed by atoms with Crippen LogP contribution in [0.5, 0.6) is 5.75 Å². The number of hydrogen-bond donors (Lipinski definition) is 0. The molecule has 1 amide bonds. The number of likely N-dealkylation sites (N-methyl/N-ethyl adjacent to an activating group) is 1. The standard InChI is InChI=1S/C24H24BrFN2O2S/c1-27-21(23(29)28(24(27)31)19-8-3-2-4-9-19)14-16-10-11-22(20(25)13-16)30-15-17-6-5-7-18(26)12-17/h5-7,10-14,19H,2-4,8-9,15H2,1H3/b21-14-. The summed E-state index contributed by atoms with van der Waals surface area (Å²) in [5.74, 6) is 0.339. The highest BCUT2D eigenvalue weighted by Crippen LogP contribution is 2.32. The van der Waals surface area contributed by atoms with E-state index in [-0.39, 0.29) is 24.4 Å². The maximum atomic E-state index is 13.3. The van der Waals surface area contributed by atoms with Gasteiger partial charge in [0.05, 0.1) is 4.47 Å². The molecule has 0 spiro atoms. The average Bonchev–Trinajstić information content (AvgIpc) is 2.97. The number of amides is 1. The second kappa shape index (κ2) is 9.49. The fraction of sp³-hybridized carbons (Fsp3) is 0.333. The van der Waals surface area contributed by atoms with Crippen molar-refractivity contribution < 1.29 is 13.9 Å². The molecule has 2 fully saturated rings. The van der Waals surface area contributed by atoms with E-state index in [1.165, 1.54) is 18.6 Å². The second-order valence-corrected chi connectivity index (χ2v) is 9.17. The van der Waals surface area contributed by atoms with Crippen LogP contribution in [0.25, 0.3) is 6.08 Å². The van der Waals surface area contributed by atoms with Crippen molar-refractivity contribution in [3.05, 3.63) is 69.6 Å². The van der Waals surface area contributed by atoms with Crippen molar-refractivity contribution in [2.45, 2.75) is 44.8 Å². The van der Waals surface area contributed by atoms with Crippen molar-refractivity contribution in [3.8, 4) is 5.75 Å². The minimum absolute atomic E-state index is 0.0260. The first-order valence-electron chi connectivity index (χ1n) is 10.4.